The van der Waals surface area contributed by atoms with E-state index >= 15 is 0 Å². The first-order chi connectivity index (χ1) is 20.0. The molecule has 0 aliphatic rings. The van der Waals surface area contributed by atoms with Gasteiger partial charge in [-0.1, -0.05) is 156 Å². The predicted octanol–water partition coefficient (Wildman–Crippen LogP) is 11.6. The highest BCUT2D eigenvalue weighted by Gasteiger charge is 2.17. The summed E-state index contributed by atoms with van der Waals surface area (Å²) in [6.07, 6.45) is 0. The highest BCUT2D eigenvalue weighted by Crippen LogP contribution is 2.44. The van der Waals surface area contributed by atoms with E-state index in [1.54, 1.807) is 0 Å². The van der Waals surface area contributed by atoms with Gasteiger partial charge < -0.3 is 0 Å². The molecule has 0 N–H and O–H groups in total. The first-order valence-corrected chi connectivity index (χ1v) is 14.4. The van der Waals surface area contributed by atoms with Gasteiger partial charge >= 0.3 is 0 Å². The third-order valence-corrected chi connectivity index (χ3v) is 8.30. The highest BCUT2D eigenvalue weighted by atomic mass is 14.2. The zero-order chi connectivity index (χ0) is 27.9. The topological polar surface area (TPSA) is 0 Å². The van der Waals surface area contributed by atoms with Crippen LogP contribution in [0.15, 0.2) is 140 Å². The number of benzene rings is 7. The van der Waals surface area contributed by atoms with E-state index in [9.17, 15) is 0 Å². The Hall–Kier alpha value is -4.94. The molecule has 0 heterocycles. The normalized spacial score (nSPS) is 11.3. The van der Waals surface area contributed by atoms with Gasteiger partial charge in [0.1, 0.15) is 0 Å². The summed E-state index contributed by atoms with van der Waals surface area (Å²) in [6.45, 7) is 6.45. The van der Waals surface area contributed by atoms with Crippen molar-refractivity contribution in [3.8, 4) is 44.5 Å². The van der Waals surface area contributed by atoms with Gasteiger partial charge in [-0.2, -0.15) is 0 Å². The van der Waals surface area contributed by atoms with Crippen molar-refractivity contribution in [1.29, 1.82) is 0 Å². The minimum atomic E-state index is 1.24. The molecule has 0 heteroatoms. The Morgan fingerprint density at radius 2 is 0.585 bits per heavy atom. The molecule has 0 unspecified atom stereocenters. The quantitative estimate of drug-likeness (QED) is 0.201. The van der Waals surface area contributed by atoms with Crippen LogP contribution in [0.3, 0.4) is 0 Å². The first kappa shape index (κ1) is 25.1. The zero-order valence-corrected chi connectivity index (χ0v) is 23.8. The van der Waals surface area contributed by atoms with E-state index in [0.717, 1.165) is 0 Å². The third kappa shape index (κ3) is 4.62. The second-order valence-corrected chi connectivity index (χ2v) is 11.2. The third-order valence-electron chi connectivity index (χ3n) is 8.30. The van der Waals surface area contributed by atoms with Gasteiger partial charge in [-0.3, -0.25) is 0 Å². The molecule has 0 fully saturated rings. The van der Waals surface area contributed by atoms with Gasteiger partial charge in [-0.15, -0.1) is 0 Å². The van der Waals surface area contributed by atoms with Crippen molar-refractivity contribution in [2.75, 3.05) is 0 Å². The van der Waals surface area contributed by atoms with Crippen LogP contribution in [-0.4, -0.2) is 0 Å². The van der Waals surface area contributed by atoms with Crippen LogP contribution in [0.4, 0.5) is 0 Å². The van der Waals surface area contributed by atoms with Gasteiger partial charge in [0.15, 0.2) is 0 Å². The summed E-state index contributed by atoms with van der Waals surface area (Å²) in [6, 6.07) is 51.5. The molecule has 7 rings (SSSR count). The molecular weight excluding hydrogens is 492 g/mol. The molecule has 0 bridgehead atoms. The summed E-state index contributed by atoms with van der Waals surface area (Å²) in [5, 5.41) is 5.15. The Bertz CT molecular complexity index is 2010. The maximum Gasteiger partial charge on any atom is -0.00263 e. The molecule has 7 aromatic carbocycles. The minimum Gasteiger partial charge on any atom is -0.0616 e. The zero-order valence-electron chi connectivity index (χ0n) is 23.8. The van der Waals surface area contributed by atoms with E-state index in [2.05, 4.69) is 160 Å². The summed E-state index contributed by atoms with van der Waals surface area (Å²) in [4.78, 5) is 0. The maximum absolute atomic E-state index is 2.36. The number of hydrogen-bond donors (Lipinski definition) is 0. The lowest BCUT2D eigenvalue weighted by Crippen LogP contribution is -1.92. The average molecular weight is 525 g/mol. The molecule has 0 radical (unpaired) electrons. The molecule has 0 atom stereocenters. The van der Waals surface area contributed by atoms with Crippen molar-refractivity contribution in [1.82, 2.24) is 0 Å². The van der Waals surface area contributed by atoms with Crippen molar-refractivity contribution in [3.05, 3.63) is 156 Å². The number of rotatable bonds is 4. The van der Waals surface area contributed by atoms with Gasteiger partial charge in [0.2, 0.25) is 0 Å². The summed E-state index contributed by atoms with van der Waals surface area (Å²) in [5.74, 6) is 0. The van der Waals surface area contributed by atoms with E-state index in [4.69, 9.17) is 0 Å². The molecule has 0 nitrogen and oxygen atoms in total. The number of hydrogen-bond acceptors (Lipinski definition) is 0. The predicted molar refractivity (Wildman–Crippen MR) is 177 cm³/mol. The fourth-order valence-electron chi connectivity index (χ4n) is 6.06. The Morgan fingerprint density at radius 1 is 0.268 bits per heavy atom. The molecule has 0 amide bonds. The average Bonchev–Trinajstić information content (AvgIpc) is 3.01. The van der Waals surface area contributed by atoms with Crippen molar-refractivity contribution >= 4 is 21.5 Å². The van der Waals surface area contributed by atoms with E-state index in [1.165, 1.54) is 82.7 Å². The molecule has 0 aromatic heterocycles. The van der Waals surface area contributed by atoms with Crippen LogP contribution in [0.25, 0.3) is 66.1 Å². The molecule has 0 saturated carbocycles. The van der Waals surface area contributed by atoms with E-state index in [1.807, 2.05) is 0 Å². The first-order valence-electron chi connectivity index (χ1n) is 14.4. The van der Waals surface area contributed by atoms with Crippen LogP contribution in [0.2, 0.25) is 0 Å². The van der Waals surface area contributed by atoms with Crippen molar-refractivity contribution in [2.24, 2.45) is 0 Å². The second-order valence-electron chi connectivity index (χ2n) is 11.2. The Labute approximate surface area is 242 Å². The molecular formula is C41H32. The Morgan fingerprint density at radius 3 is 1.02 bits per heavy atom. The number of fused-ring (bicyclic) bond motifs is 2. The largest absolute Gasteiger partial charge is 0.0616 e. The van der Waals surface area contributed by atoms with Crippen LogP contribution in [0.1, 0.15) is 16.7 Å². The Kier molecular flexibility index (Phi) is 6.25. The maximum atomic E-state index is 2.36. The van der Waals surface area contributed by atoms with Gasteiger partial charge in [0, 0.05) is 0 Å². The fraction of sp³-hybridized carbons (Fsp3) is 0.0732. The van der Waals surface area contributed by atoms with E-state index < -0.39 is 0 Å². The summed E-state index contributed by atoms with van der Waals surface area (Å²) in [7, 11) is 0. The second kappa shape index (κ2) is 10.2. The summed E-state index contributed by atoms with van der Waals surface area (Å²) >= 11 is 0. The minimum absolute atomic E-state index is 1.24. The lowest BCUT2D eigenvalue weighted by atomic mass is 9.85. The lowest BCUT2D eigenvalue weighted by molar-refractivity contribution is 1.47. The monoisotopic (exact) mass is 524 g/mol. The van der Waals surface area contributed by atoms with Crippen LogP contribution >= 0.6 is 0 Å². The van der Waals surface area contributed by atoms with Crippen molar-refractivity contribution < 1.29 is 0 Å². The van der Waals surface area contributed by atoms with Crippen LogP contribution in [0.5, 0.6) is 0 Å². The van der Waals surface area contributed by atoms with Crippen molar-refractivity contribution in [2.45, 2.75) is 20.8 Å². The SMILES string of the molecule is Cc1ccc(-c2ccc(-c3c4ccccc4c(-c4ccc(-c5ccc(C)cc5)cc4)c4cc(C)ccc34)cc2)cc1. The molecule has 0 aliphatic carbocycles. The number of aryl methyl sites for hydroxylation is 3. The summed E-state index contributed by atoms with van der Waals surface area (Å²) in [5.41, 5.74) is 13.9. The standard InChI is InChI=1S/C41H32/c1-27-8-13-30(14-9-27)32-17-21-34(22-18-32)40-36-6-4-5-7-37(36)41(39-26-29(3)12-25-38(39)40)35-23-19-33(20-24-35)31-15-10-28(2)11-16-31/h4-26H,1-3H3. The fourth-order valence-corrected chi connectivity index (χ4v) is 6.06. The lowest BCUT2D eigenvalue weighted by Gasteiger charge is -2.18. The van der Waals surface area contributed by atoms with E-state index in [0.29, 0.717) is 0 Å². The molecule has 196 valence electrons. The Balaban J connectivity index is 1.41. The van der Waals surface area contributed by atoms with Crippen molar-refractivity contribution in [3.63, 3.8) is 0 Å². The molecule has 0 spiro atoms. The van der Waals surface area contributed by atoms with Gasteiger partial charge in [-0.05, 0) is 86.8 Å². The molecule has 7 aromatic rings. The van der Waals surface area contributed by atoms with Gasteiger partial charge in [0.05, 0.1) is 0 Å². The van der Waals surface area contributed by atoms with Crippen LogP contribution in [0, 0.1) is 20.8 Å². The molecule has 0 aliphatic heterocycles. The molecule has 0 saturated heterocycles. The smallest absolute Gasteiger partial charge is 0.00263 e. The summed E-state index contributed by atoms with van der Waals surface area (Å²) < 4.78 is 0. The van der Waals surface area contributed by atoms with Crippen LogP contribution < -0.4 is 0 Å². The van der Waals surface area contributed by atoms with Crippen LogP contribution in [-0.2, 0) is 0 Å². The highest BCUT2D eigenvalue weighted by molar-refractivity contribution is 6.21. The van der Waals surface area contributed by atoms with E-state index in [-0.39, 0.29) is 0 Å². The molecule has 41 heavy (non-hydrogen) atoms. The van der Waals surface area contributed by atoms with Gasteiger partial charge in [-0.25, -0.2) is 0 Å². The van der Waals surface area contributed by atoms with Gasteiger partial charge in [0.25, 0.3) is 0 Å².